The summed E-state index contributed by atoms with van der Waals surface area (Å²) < 4.78 is 20.7. The Morgan fingerprint density at radius 1 is 1.14 bits per heavy atom. The highest BCUT2D eigenvalue weighted by molar-refractivity contribution is 5.98. The van der Waals surface area contributed by atoms with Gasteiger partial charge in [-0.2, -0.15) is 4.98 Å². The second-order valence-corrected chi connectivity index (χ2v) is 6.13. The molecule has 0 aliphatic carbocycles. The molecule has 9 nitrogen and oxygen atoms in total. The van der Waals surface area contributed by atoms with Gasteiger partial charge in [-0.1, -0.05) is 17.3 Å². The van der Waals surface area contributed by atoms with E-state index >= 15 is 0 Å². The molecule has 0 aliphatic heterocycles. The van der Waals surface area contributed by atoms with E-state index in [9.17, 15) is 9.59 Å². The zero-order valence-corrected chi connectivity index (χ0v) is 16.6. The first-order valence-corrected chi connectivity index (χ1v) is 8.95. The number of aromatic nitrogens is 3. The predicted octanol–water partition coefficient (Wildman–Crippen LogP) is 3.22. The molecule has 0 saturated carbocycles. The number of nitrogens with one attached hydrogen (secondary N) is 1. The summed E-state index contributed by atoms with van der Waals surface area (Å²) in [7, 11) is 1.55. The fourth-order valence-electron chi connectivity index (χ4n) is 2.92. The van der Waals surface area contributed by atoms with Crippen LogP contribution >= 0.6 is 0 Å². The lowest BCUT2D eigenvalue weighted by molar-refractivity contribution is 0.0422. The molecule has 0 bridgehead atoms. The number of rotatable bonds is 7. The zero-order chi connectivity index (χ0) is 21.0. The summed E-state index contributed by atoms with van der Waals surface area (Å²) in [5.74, 6) is -0.0778. The molecule has 0 atom stereocenters. The van der Waals surface area contributed by atoms with Crippen LogP contribution < -0.4 is 4.74 Å². The number of aromatic amines is 1. The number of carbonyl (C=O) groups is 2. The monoisotopic (exact) mass is 399 g/mol. The minimum Gasteiger partial charge on any atom is -0.496 e. The lowest BCUT2D eigenvalue weighted by Crippen LogP contribution is -2.09. The first-order valence-electron chi connectivity index (χ1n) is 8.95. The van der Waals surface area contributed by atoms with Crippen LogP contribution in [0.5, 0.6) is 5.75 Å². The van der Waals surface area contributed by atoms with Crippen molar-refractivity contribution in [3.05, 3.63) is 52.7 Å². The Bertz CT molecular complexity index is 1040. The number of para-hydroxylation sites is 1. The fraction of sp³-hybridized carbons (Fsp3) is 0.300. The zero-order valence-electron chi connectivity index (χ0n) is 16.6. The van der Waals surface area contributed by atoms with E-state index in [1.807, 2.05) is 12.1 Å². The van der Waals surface area contributed by atoms with Crippen LogP contribution in [0.1, 0.15) is 44.9 Å². The van der Waals surface area contributed by atoms with Crippen molar-refractivity contribution in [3.8, 4) is 17.1 Å². The molecule has 1 aromatic carbocycles. The largest absolute Gasteiger partial charge is 0.496 e. The lowest BCUT2D eigenvalue weighted by Gasteiger charge is -2.03. The molecule has 1 N–H and O–H groups in total. The van der Waals surface area contributed by atoms with Gasteiger partial charge in [-0.3, -0.25) is 0 Å². The Kier molecular flexibility index (Phi) is 5.96. The molecular weight excluding hydrogens is 378 g/mol. The van der Waals surface area contributed by atoms with Gasteiger partial charge in [0.25, 0.3) is 5.89 Å². The van der Waals surface area contributed by atoms with Gasteiger partial charge in [0.1, 0.15) is 11.4 Å². The summed E-state index contributed by atoms with van der Waals surface area (Å²) in [5.41, 5.74) is 2.16. The van der Waals surface area contributed by atoms with Gasteiger partial charge < -0.3 is 23.7 Å². The average Bonchev–Trinajstić information content (AvgIpc) is 3.30. The topological polar surface area (TPSA) is 117 Å². The SMILES string of the molecule is CCOC(=O)c1c(C)[nH]c(C(=O)OCc2nc(-c3ccccc3OC)no2)c1C. The normalized spacial score (nSPS) is 10.6. The van der Waals surface area contributed by atoms with Gasteiger partial charge in [0.15, 0.2) is 6.61 Å². The van der Waals surface area contributed by atoms with Crippen LogP contribution in [0, 0.1) is 13.8 Å². The first-order chi connectivity index (χ1) is 14.0. The number of esters is 2. The fourth-order valence-corrected chi connectivity index (χ4v) is 2.92. The Balaban J connectivity index is 1.72. The van der Waals surface area contributed by atoms with Crippen molar-refractivity contribution in [2.45, 2.75) is 27.4 Å². The standard InChI is InChI=1S/C20H21N3O6/c1-5-27-19(24)16-11(2)17(21-12(16)3)20(25)28-10-15-22-18(23-29-15)13-8-6-7-9-14(13)26-4/h6-9,21H,5,10H2,1-4H3. The molecule has 2 heterocycles. The second kappa shape index (κ2) is 8.59. The van der Waals surface area contributed by atoms with E-state index in [0.29, 0.717) is 34.0 Å². The van der Waals surface area contributed by atoms with E-state index in [0.717, 1.165) is 0 Å². The second-order valence-electron chi connectivity index (χ2n) is 6.13. The maximum absolute atomic E-state index is 12.4. The Morgan fingerprint density at radius 3 is 2.62 bits per heavy atom. The molecule has 29 heavy (non-hydrogen) atoms. The quantitative estimate of drug-likeness (QED) is 0.602. The number of ether oxygens (including phenoxy) is 3. The molecule has 3 rings (SSSR count). The van der Waals surface area contributed by atoms with Gasteiger partial charge in [-0.15, -0.1) is 0 Å². The Morgan fingerprint density at radius 2 is 1.90 bits per heavy atom. The van der Waals surface area contributed by atoms with E-state index < -0.39 is 11.9 Å². The average molecular weight is 399 g/mol. The highest BCUT2D eigenvalue weighted by Gasteiger charge is 2.24. The molecule has 9 heteroatoms. The van der Waals surface area contributed by atoms with Crippen LogP contribution in [0.4, 0.5) is 0 Å². The van der Waals surface area contributed by atoms with Gasteiger partial charge in [-0.25, -0.2) is 9.59 Å². The first kappa shape index (κ1) is 20.1. The molecule has 0 saturated heterocycles. The van der Waals surface area contributed by atoms with Crippen molar-refractivity contribution in [1.82, 2.24) is 15.1 Å². The maximum atomic E-state index is 12.4. The molecule has 0 radical (unpaired) electrons. The van der Waals surface area contributed by atoms with Gasteiger partial charge in [0.05, 0.1) is 24.8 Å². The molecule has 0 unspecified atom stereocenters. The molecule has 0 spiro atoms. The van der Waals surface area contributed by atoms with Crippen LogP contribution in [-0.4, -0.2) is 40.8 Å². The highest BCUT2D eigenvalue weighted by Crippen LogP contribution is 2.27. The Hall–Kier alpha value is -3.62. The lowest BCUT2D eigenvalue weighted by atomic mass is 10.1. The van der Waals surface area contributed by atoms with Crippen LogP contribution in [0.2, 0.25) is 0 Å². The van der Waals surface area contributed by atoms with Gasteiger partial charge in [0, 0.05) is 5.69 Å². The number of hydrogen-bond donors (Lipinski definition) is 1. The summed E-state index contributed by atoms with van der Waals surface area (Å²) in [6.45, 7) is 5.09. The van der Waals surface area contributed by atoms with E-state index in [-0.39, 0.29) is 24.8 Å². The third-order valence-electron chi connectivity index (χ3n) is 4.26. The van der Waals surface area contributed by atoms with Crippen LogP contribution in [0.25, 0.3) is 11.4 Å². The highest BCUT2D eigenvalue weighted by atomic mass is 16.6. The van der Waals surface area contributed by atoms with Crippen LogP contribution in [0.15, 0.2) is 28.8 Å². The third-order valence-corrected chi connectivity index (χ3v) is 4.26. The molecule has 3 aromatic rings. The molecule has 0 fully saturated rings. The van der Waals surface area contributed by atoms with E-state index in [2.05, 4.69) is 15.1 Å². The van der Waals surface area contributed by atoms with Crippen molar-refractivity contribution in [2.75, 3.05) is 13.7 Å². The summed E-state index contributed by atoms with van der Waals surface area (Å²) in [6, 6.07) is 7.23. The number of H-pyrrole nitrogens is 1. The minimum absolute atomic E-state index is 0.130. The van der Waals surface area contributed by atoms with Gasteiger partial charge in [0.2, 0.25) is 5.82 Å². The van der Waals surface area contributed by atoms with Crippen LogP contribution in [0.3, 0.4) is 0 Å². The summed E-state index contributed by atoms with van der Waals surface area (Å²) in [5, 5.41) is 3.90. The number of nitrogens with zero attached hydrogens (tertiary/aromatic N) is 2. The smallest absolute Gasteiger partial charge is 0.355 e. The third kappa shape index (κ3) is 4.13. The molecule has 152 valence electrons. The Labute approximate surface area is 167 Å². The molecule has 2 aromatic heterocycles. The molecule has 0 amide bonds. The number of hydrogen-bond acceptors (Lipinski definition) is 8. The number of benzene rings is 1. The summed E-state index contributed by atoms with van der Waals surface area (Å²) in [6.07, 6.45) is 0. The van der Waals surface area contributed by atoms with Crippen molar-refractivity contribution >= 4 is 11.9 Å². The van der Waals surface area contributed by atoms with Crippen molar-refractivity contribution in [3.63, 3.8) is 0 Å². The number of aryl methyl sites for hydroxylation is 1. The van der Waals surface area contributed by atoms with Gasteiger partial charge in [-0.05, 0) is 38.5 Å². The van der Waals surface area contributed by atoms with Gasteiger partial charge >= 0.3 is 11.9 Å². The molecular formula is C20H21N3O6. The number of methoxy groups -OCH3 is 1. The van der Waals surface area contributed by atoms with Crippen molar-refractivity contribution < 1.29 is 28.3 Å². The minimum atomic E-state index is -0.641. The van der Waals surface area contributed by atoms with E-state index in [1.54, 1.807) is 40.0 Å². The summed E-state index contributed by atoms with van der Waals surface area (Å²) >= 11 is 0. The van der Waals surface area contributed by atoms with Crippen LogP contribution in [-0.2, 0) is 16.1 Å². The summed E-state index contributed by atoms with van der Waals surface area (Å²) in [4.78, 5) is 31.6. The van der Waals surface area contributed by atoms with Crippen molar-refractivity contribution in [1.29, 1.82) is 0 Å². The van der Waals surface area contributed by atoms with E-state index in [4.69, 9.17) is 18.7 Å². The van der Waals surface area contributed by atoms with Crippen molar-refractivity contribution in [2.24, 2.45) is 0 Å². The predicted molar refractivity (Wildman–Crippen MR) is 102 cm³/mol. The van der Waals surface area contributed by atoms with E-state index in [1.165, 1.54) is 0 Å². The maximum Gasteiger partial charge on any atom is 0.355 e. The number of carbonyl (C=O) groups excluding carboxylic acids is 2. The molecule has 0 aliphatic rings.